The lowest BCUT2D eigenvalue weighted by Crippen LogP contribution is -1.81. The van der Waals surface area contributed by atoms with Gasteiger partial charge in [-0.2, -0.15) is 0 Å². The van der Waals surface area contributed by atoms with E-state index >= 15 is 0 Å². The summed E-state index contributed by atoms with van der Waals surface area (Å²) in [7, 11) is 0. The Bertz CT molecular complexity index is 351. The summed E-state index contributed by atoms with van der Waals surface area (Å²) in [4.78, 5) is 10.0. The highest BCUT2D eigenvalue weighted by Crippen LogP contribution is 2.26. The summed E-state index contributed by atoms with van der Waals surface area (Å²) >= 11 is 11.2. The minimum Gasteiger partial charge on any atom is -0.303 e. The first-order valence-electron chi connectivity index (χ1n) is 3.90. The number of halogens is 3. The molecule has 1 nitrogen and oxygen atoms in total. The minimum atomic E-state index is -0.565. The van der Waals surface area contributed by atoms with E-state index in [1.165, 1.54) is 12.1 Å². The van der Waals surface area contributed by atoms with Gasteiger partial charge in [0.25, 0.3) is 0 Å². The van der Waals surface area contributed by atoms with Crippen LogP contribution in [0.3, 0.4) is 0 Å². The second-order valence-electron chi connectivity index (χ2n) is 2.60. The molecular formula is C10H7Cl2FO. The van der Waals surface area contributed by atoms with Gasteiger partial charge in [-0.15, -0.1) is 0 Å². The lowest BCUT2D eigenvalue weighted by Gasteiger charge is -1.99. The topological polar surface area (TPSA) is 17.1 Å². The standard InChI is InChI=1S/C10H7Cl2FO/c11-8-5-7(3-1-2-4-14)6-9(13)10(8)12/h1,3-6H,2H2. The van der Waals surface area contributed by atoms with E-state index in [-0.39, 0.29) is 10.0 Å². The Kier molecular flexibility index (Phi) is 4.11. The van der Waals surface area contributed by atoms with Gasteiger partial charge in [-0.05, 0) is 17.7 Å². The molecule has 1 aromatic rings. The number of hydrogen-bond acceptors (Lipinski definition) is 1. The number of aldehydes is 1. The number of carbonyl (C=O) groups is 1. The normalized spacial score (nSPS) is 10.8. The fourth-order valence-electron chi connectivity index (χ4n) is 0.931. The van der Waals surface area contributed by atoms with Gasteiger partial charge in [0.1, 0.15) is 12.1 Å². The van der Waals surface area contributed by atoms with Crippen molar-refractivity contribution >= 4 is 35.6 Å². The van der Waals surface area contributed by atoms with E-state index in [0.717, 1.165) is 6.29 Å². The van der Waals surface area contributed by atoms with E-state index < -0.39 is 5.82 Å². The highest BCUT2D eigenvalue weighted by atomic mass is 35.5. The second-order valence-corrected chi connectivity index (χ2v) is 3.39. The predicted molar refractivity (Wildman–Crippen MR) is 56.1 cm³/mol. The van der Waals surface area contributed by atoms with E-state index in [1.807, 2.05) is 0 Å². The molecule has 0 saturated heterocycles. The van der Waals surface area contributed by atoms with Gasteiger partial charge in [0, 0.05) is 6.42 Å². The van der Waals surface area contributed by atoms with Crippen molar-refractivity contribution in [1.82, 2.24) is 0 Å². The lowest BCUT2D eigenvalue weighted by atomic mass is 10.2. The van der Waals surface area contributed by atoms with E-state index in [9.17, 15) is 9.18 Å². The fourth-order valence-corrected chi connectivity index (χ4v) is 1.26. The van der Waals surface area contributed by atoms with E-state index in [1.54, 1.807) is 12.2 Å². The predicted octanol–water partition coefficient (Wildman–Crippen LogP) is 3.73. The lowest BCUT2D eigenvalue weighted by molar-refractivity contribution is -0.107. The Morgan fingerprint density at radius 2 is 2.07 bits per heavy atom. The first-order chi connectivity index (χ1) is 6.65. The van der Waals surface area contributed by atoms with Crippen LogP contribution < -0.4 is 0 Å². The third-order valence-electron chi connectivity index (χ3n) is 1.55. The quantitative estimate of drug-likeness (QED) is 0.574. The number of hydrogen-bond donors (Lipinski definition) is 0. The summed E-state index contributed by atoms with van der Waals surface area (Å²) in [6, 6.07) is 2.80. The maximum atomic E-state index is 13.0. The van der Waals surface area contributed by atoms with Crippen molar-refractivity contribution in [2.24, 2.45) is 0 Å². The molecule has 0 bridgehead atoms. The van der Waals surface area contributed by atoms with Crippen molar-refractivity contribution in [1.29, 1.82) is 0 Å². The van der Waals surface area contributed by atoms with Crippen LogP contribution in [0.2, 0.25) is 10.0 Å². The molecule has 0 N–H and O–H groups in total. The van der Waals surface area contributed by atoms with Gasteiger partial charge >= 0.3 is 0 Å². The summed E-state index contributed by atoms with van der Waals surface area (Å²) in [6.07, 6.45) is 4.28. The third kappa shape index (κ3) is 2.82. The highest BCUT2D eigenvalue weighted by Gasteiger charge is 2.05. The minimum absolute atomic E-state index is 0.0841. The molecule has 0 unspecified atom stereocenters. The van der Waals surface area contributed by atoms with E-state index in [0.29, 0.717) is 12.0 Å². The van der Waals surface area contributed by atoms with Crippen LogP contribution in [0.1, 0.15) is 12.0 Å². The first-order valence-corrected chi connectivity index (χ1v) is 4.65. The number of rotatable bonds is 3. The second kappa shape index (κ2) is 5.13. The van der Waals surface area contributed by atoms with Gasteiger partial charge in [0.2, 0.25) is 0 Å². The fraction of sp³-hybridized carbons (Fsp3) is 0.100. The molecule has 0 spiro atoms. The maximum absolute atomic E-state index is 13.0. The Hall–Kier alpha value is -0.860. The summed E-state index contributed by atoms with van der Waals surface area (Å²) < 4.78 is 13.0. The SMILES string of the molecule is O=CCC=Cc1cc(F)c(Cl)c(Cl)c1. The number of allylic oxidation sites excluding steroid dienone is 1. The molecule has 0 aliphatic carbocycles. The summed E-state index contributed by atoms with van der Waals surface area (Å²) in [5.41, 5.74) is 0.582. The molecule has 1 aromatic carbocycles. The van der Waals surface area contributed by atoms with Crippen LogP contribution in [-0.4, -0.2) is 6.29 Å². The molecule has 0 amide bonds. The van der Waals surface area contributed by atoms with Gasteiger partial charge in [-0.25, -0.2) is 4.39 Å². The average Bonchev–Trinajstić information content (AvgIpc) is 2.14. The molecule has 1 rings (SSSR count). The largest absolute Gasteiger partial charge is 0.303 e. The van der Waals surface area contributed by atoms with Crippen molar-refractivity contribution < 1.29 is 9.18 Å². The van der Waals surface area contributed by atoms with Gasteiger partial charge in [-0.1, -0.05) is 35.4 Å². The van der Waals surface area contributed by atoms with Crippen molar-refractivity contribution in [2.45, 2.75) is 6.42 Å². The Morgan fingerprint density at radius 1 is 1.36 bits per heavy atom. The molecule has 74 valence electrons. The molecule has 0 aromatic heterocycles. The molecule has 0 aliphatic rings. The molecule has 14 heavy (non-hydrogen) atoms. The molecule has 4 heteroatoms. The Labute approximate surface area is 91.1 Å². The molecule has 0 fully saturated rings. The molecule has 0 saturated carbocycles. The van der Waals surface area contributed by atoms with Crippen molar-refractivity contribution in [3.05, 3.63) is 39.6 Å². The zero-order chi connectivity index (χ0) is 10.6. The Morgan fingerprint density at radius 3 is 2.64 bits per heavy atom. The van der Waals surface area contributed by atoms with Gasteiger partial charge in [0.05, 0.1) is 10.0 Å². The van der Waals surface area contributed by atoms with E-state index in [2.05, 4.69) is 0 Å². The van der Waals surface area contributed by atoms with Crippen LogP contribution in [0.4, 0.5) is 4.39 Å². The van der Waals surface area contributed by atoms with Gasteiger partial charge in [-0.3, -0.25) is 0 Å². The van der Waals surface area contributed by atoms with Crippen LogP contribution in [-0.2, 0) is 4.79 Å². The van der Waals surface area contributed by atoms with Crippen molar-refractivity contribution in [3.8, 4) is 0 Å². The molecule has 0 atom stereocenters. The van der Waals surface area contributed by atoms with Crippen LogP contribution in [0, 0.1) is 5.82 Å². The first kappa shape index (κ1) is 11.2. The summed E-state index contributed by atoms with van der Waals surface area (Å²) in [6.45, 7) is 0. The van der Waals surface area contributed by atoms with Crippen LogP contribution in [0.5, 0.6) is 0 Å². The zero-order valence-electron chi connectivity index (χ0n) is 7.14. The number of benzene rings is 1. The Balaban J connectivity index is 2.95. The summed E-state index contributed by atoms with van der Waals surface area (Å²) in [5.74, 6) is -0.565. The van der Waals surface area contributed by atoms with Crippen LogP contribution >= 0.6 is 23.2 Å². The molecular weight excluding hydrogens is 226 g/mol. The van der Waals surface area contributed by atoms with Gasteiger partial charge in [0.15, 0.2) is 0 Å². The van der Waals surface area contributed by atoms with Crippen LogP contribution in [0.15, 0.2) is 18.2 Å². The summed E-state index contributed by atoms with van der Waals surface area (Å²) in [5, 5.41) is 0.0802. The van der Waals surface area contributed by atoms with E-state index in [4.69, 9.17) is 23.2 Å². The van der Waals surface area contributed by atoms with Crippen molar-refractivity contribution in [3.63, 3.8) is 0 Å². The average molecular weight is 233 g/mol. The zero-order valence-corrected chi connectivity index (χ0v) is 8.65. The number of carbonyl (C=O) groups excluding carboxylic acids is 1. The smallest absolute Gasteiger partial charge is 0.143 e. The molecule has 0 radical (unpaired) electrons. The molecule has 0 aliphatic heterocycles. The van der Waals surface area contributed by atoms with Crippen LogP contribution in [0.25, 0.3) is 6.08 Å². The third-order valence-corrected chi connectivity index (χ3v) is 2.33. The monoisotopic (exact) mass is 232 g/mol. The molecule has 0 heterocycles. The van der Waals surface area contributed by atoms with Crippen molar-refractivity contribution in [2.75, 3.05) is 0 Å². The highest BCUT2D eigenvalue weighted by molar-refractivity contribution is 6.42. The maximum Gasteiger partial charge on any atom is 0.143 e. The van der Waals surface area contributed by atoms with Gasteiger partial charge < -0.3 is 4.79 Å².